The molecule has 1 saturated carbocycles. The van der Waals surface area contributed by atoms with Gasteiger partial charge in [0.15, 0.2) is 0 Å². The third-order valence-electron chi connectivity index (χ3n) is 3.80. The van der Waals surface area contributed by atoms with Gasteiger partial charge in [-0.3, -0.25) is 0 Å². The van der Waals surface area contributed by atoms with Gasteiger partial charge < -0.3 is 5.32 Å². The summed E-state index contributed by atoms with van der Waals surface area (Å²) in [6.07, 6.45) is 2.68. The van der Waals surface area contributed by atoms with Crippen molar-refractivity contribution in [1.82, 2.24) is 5.32 Å². The molecule has 0 bridgehead atoms. The molecule has 0 saturated heterocycles. The molecule has 1 nitrogen and oxygen atoms in total. The molecule has 1 fully saturated rings. The van der Waals surface area contributed by atoms with Crippen LogP contribution in [0, 0.1) is 17.8 Å². The first-order valence-electron chi connectivity index (χ1n) is 6.18. The summed E-state index contributed by atoms with van der Waals surface area (Å²) in [5.74, 6) is 2.73. The van der Waals surface area contributed by atoms with Crippen LogP contribution in [0.5, 0.6) is 0 Å². The summed E-state index contributed by atoms with van der Waals surface area (Å²) in [4.78, 5) is 0. The van der Waals surface area contributed by atoms with Gasteiger partial charge in [-0.1, -0.05) is 33.6 Å². The fraction of sp³-hybridized carbons (Fsp3) is 1.00. The van der Waals surface area contributed by atoms with Gasteiger partial charge in [0.05, 0.1) is 0 Å². The van der Waals surface area contributed by atoms with Crippen molar-refractivity contribution in [3.05, 3.63) is 0 Å². The molecule has 2 unspecified atom stereocenters. The van der Waals surface area contributed by atoms with Crippen molar-refractivity contribution in [2.45, 2.75) is 66.0 Å². The fourth-order valence-electron chi connectivity index (χ4n) is 3.14. The lowest BCUT2D eigenvalue weighted by Gasteiger charge is -2.53. The molecule has 14 heavy (non-hydrogen) atoms. The van der Waals surface area contributed by atoms with Gasteiger partial charge in [0.1, 0.15) is 0 Å². The molecule has 0 aliphatic heterocycles. The second-order valence-corrected chi connectivity index (χ2v) is 5.92. The molecule has 0 amide bonds. The Morgan fingerprint density at radius 1 is 1.00 bits per heavy atom. The summed E-state index contributed by atoms with van der Waals surface area (Å²) in [7, 11) is 0. The lowest BCUT2D eigenvalue weighted by Crippen LogP contribution is -2.61. The van der Waals surface area contributed by atoms with Crippen LogP contribution >= 0.6 is 0 Å². The Kier molecular flexibility index (Phi) is 3.63. The second kappa shape index (κ2) is 4.22. The molecule has 1 rings (SSSR count). The zero-order chi connectivity index (χ0) is 10.9. The number of nitrogens with one attached hydrogen (secondary N) is 1. The van der Waals surface area contributed by atoms with Crippen LogP contribution in [0.3, 0.4) is 0 Å². The third-order valence-corrected chi connectivity index (χ3v) is 3.80. The van der Waals surface area contributed by atoms with Crippen LogP contribution in [0.15, 0.2) is 0 Å². The molecule has 0 aromatic carbocycles. The lowest BCUT2D eigenvalue weighted by molar-refractivity contribution is 0.00469. The van der Waals surface area contributed by atoms with E-state index in [1.165, 1.54) is 12.8 Å². The summed E-state index contributed by atoms with van der Waals surface area (Å²) in [6, 6.07) is 0.755. The molecule has 0 spiro atoms. The van der Waals surface area contributed by atoms with Crippen LogP contribution in [0.25, 0.3) is 0 Å². The topological polar surface area (TPSA) is 12.0 Å². The van der Waals surface area contributed by atoms with E-state index >= 15 is 0 Å². The minimum absolute atomic E-state index is 0.269. The Morgan fingerprint density at radius 2 is 1.50 bits per heavy atom. The van der Waals surface area contributed by atoms with E-state index in [9.17, 15) is 0 Å². The van der Waals surface area contributed by atoms with Gasteiger partial charge in [-0.05, 0) is 38.5 Å². The number of rotatable bonds is 3. The van der Waals surface area contributed by atoms with E-state index in [2.05, 4.69) is 46.9 Å². The van der Waals surface area contributed by atoms with E-state index in [1.807, 2.05) is 0 Å². The molecule has 4 atom stereocenters. The standard InChI is InChI=1S/C13H27N/c1-7-10-9(3)12(11(10)8-2)14-13(4,5)6/h9-12,14H,7-8H2,1-6H3/t9-,10?,11?,12+/m0/s1. The molecule has 0 radical (unpaired) electrons. The monoisotopic (exact) mass is 197 g/mol. The van der Waals surface area contributed by atoms with Crippen LogP contribution < -0.4 is 5.32 Å². The van der Waals surface area contributed by atoms with Gasteiger partial charge in [-0.25, -0.2) is 0 Å². The van der Waals surface area contributed by atoms with E-state index in [4.69, 9.17) is 0 Å². The lowest BCUT2D eigenvalue weighted by atomic mass is 9.59. The number of hydrogen-bond acceptors (Lipinski definition) is 1. The van der Waals surface area contributed by atoms with E-state index in [1.54, 1.807) is 0 Å². The van der Waals surface area contributed by atoms with Crippen molar-refractivity contribution >= 4 is 0 Å². The van der Waals surface area contributed by atoms with E-state index in [-0.39, 0.29) is 5.54 Å². The van der Waals surface area contributed by atoms with Gasteiger partial charge in [0, 0.05) is 11.6 Å². The first-order valence-corrected chi connectivity index (χ1v) is 6.18. The van der Waals surface area contributed by atoms with Crippen molar-refractivity contribution < 1.29 is 0 Å². The molecule has 0 aromatic heterocycles. The second-order valence-electron chi connectivity index (χ2n) is 5.92. The SMILES string of the molecule is CCC1C(CC)[C@H](NC(C)(C)C)[C@H]1C. The summed E-state index contributed by atoms with van der Waals surface area (Å²) in [6.45, 7) is 13.9. The van der Waals surface area contributed by atoms with E-state index < -0.39 is 0 Å². The smallest absolute Gasteiger partial charge is 0.0131 e. The molecule has 0 heterocycles. The van der Waals surface area contributed by atoms with Gasteiger partial charge in [0.2, 0.25) is 0 Å². The van der Waals surface area contributed by atoms with Crippen LogP contribution in [-0.4, -0.2) is 11.6 Å². The van der Waals surface area contributed by atoms with Gasteiger partial charge in [0.25, 0.3) is 0 Å². The predicted octanol–water partition coefficient (Wildman–Crippen LogP) is 3.45. The predicted molar refractivity (Wildman–Crippen MR) is 63.4 cm³/mol. The zero-order valence-electron chi connectivity index (χ0n) is 10.7. The molecule has 1 aliphatic rings. The van der Waals surface area contributed by atoms with E-state index in [0.29, 0.717) is 0 Å². The Labute approximate surface area is 89.7 Å². The molecule has 1 N–H and O–H groups in total. The Balaban J connectivity index is 2.54. The molecular formula is C13H27N. The van der Waals surface area contributed by atoms with Crippen LogP contribution in [-0.2, 0) is 0 Å². The number of hydrogen-bond donors (Lipinski definition) is 1. The summed E-state index contributed by atoms with van der Waals surface area (Å²) in [5.41, 5.74) is 0.269. The van der Waals surface area contributed by atoms with Crippen molar-refractivity contribution in [2.24, 2.45) is 17.8 Å². The maximum atomic E-state index is 3.77. The maximum absolute atomic E-state index is 3.77. The molecule has 1 aliphatic carbocycles. The fourth-order valence-corrected chi connectivity index (χ4v) is 3.14. The zero-order valence-corrected chi connectivity index (χ0v) is 10.7. The van der Waals surface area contributed by atoms with Crippen LogP contribution in [0.4, 0.5) is 0 Å². The van der Waals surface area contributed by atoms with Gasteiger partial charge in [-0.2, -0.15) is 0 Å². The Bertz CT molecular complexity index is 180. The highest BCUT2D eigenvalue weighted by Gasteiger charge is 2.46. The van der Waals surface area contributed by atoms with Crippen molar-refractivity contribution in [3.63, 3.8) is 0 Å². The first kappa shape index (κ1) is 12.0. The highest BCUT2D eigenvalue weighted by Crippen LogP contribution is 2.44. The Hall–Kier alpha value is -0.0400. The molecule has 0 aromatic rings. The average Bonchev–Trinajstić information content (AvgIpc) is 2.08. The highest BCUT2D eigenvalue weighted by atomic mass is 15.0. The largest absolute Gasteiger partial charge is 0.309 e. The van der Waals surface area contributed by atoms with E-state index in [0.717, 1.165) is 23.8 Å². The van der Waals surface area contributed by atoms with Crippen molar-refractivity contribution in [3.8, 4) is 0 Å². The summed E-state index contributed by atoms with van der Waals surface area (Å²) >= 11 is 0. The van der Waals surface area contributed by atoms with Gasteiger partial charge in [-0.15, -0.1) is 0 Å². The van der Waals surface area contributed by atoms with Crippen molar-refractivity contribution in [2.75, 3.05) is 0 Å². The quantitative estimate of drug-likeness (QED) is 0.731. The molecule has 1 heteroatoms. The molecule has 84 valence electrons. The summed E-state index contributed by atoms with van der Waals surface area (Å²) in [5, 5.41) is 3.77. The minimum atomic E-state index is 0.269. The maximum Gasteiger partial charge on any atom is 0.0131 e. The minimum Gasteiger partial charge on any atom is -0.309 e. The molecular weight excluding hydrogens is 170 g/mol. The highest BCUT2D eigenvalue weighted by molar-refractivity contribution is 5.00. The van der Waals surface area contributed by atoms with Crippen LogP contribution in [0.1, 0.15) is 54.4 Å². The average molecular weight is 197 g/mol. The van der Waals surface area contributed by atoms with Crippen molar-refractivity contribution in [1.29, 1.82) is 0 Å². The Morgan fingerprint density at radius 3 is 1.86 bits per heavy atom. The van der Waals surface area contributed by atoms with Crippen LogP contribution in [0.2, 0.25) is 0 Å². The normalized spacial score (nSPS) is 38.1. The van der Waals surface area contributed by atoms with Gasteiger partial charge >= 0.3 is 0 Å². The summed E-state index contributed by atoms with van der Waals surface area (Å²) < 4.78 is 0. The third kappa shape index (κ3) is 2.31. The first-order chi connectivity index (χ1) is 6.40.